The van der Waals surface area contributed by atoms with Gasteiger partial charge in [-0.15, -0.1) is 20.7 Å². The summed E-state index contributed by atoms with van der Waals surface area (Å²) in [5.41, 5.74) is 4.62. The van der Waals surface area contributed by atoms with Crippen molar-refractivity contribution in [2.45, 2.75) is 4.43 Å². The molecule has 0 aliphatic carbocycles. The highest BCUT2D eigenvalue weighted by Crippen LogP contribution is 2.22. The molecule has 1 N–H and O–H groups in total. The first-order valence-corrected chi connectivity index (χ1v) is 8.79. The van der Waals surface area contributed by atoms with E-state index in [4.69, 9.17) is 0 Å². The summed E-state index contributed by atoms with van der Waals surface area (Å²) < 4.78 is 5.12. The first-order valence-electron chi connectivity index (χ1n) is 5.73. The number of rotatable bonds is 3. The quantitative estimate of drug-likeness (QED) is 0.560. The fraction of sp³-hybridized carbons (Fsp3) is 0.0667. The monoisotopic (exact) mass is 348 g/mol. The van der Waals surface area contributed by atoms with E-state index in [2.05, 4.69) is 44.8 Å². The summed E-state index contributed by atoms with van der Waals surface area (Å²) in [7, 11) is 0. The largest absolute Gasteiger partial charge is 0.338 e. The molecule has 0 radical (unpaired) electrons. The van der Waals surface area contributed by atoms with Crippen LogP contribution in [0.25, 0.3) is 22.4 Å². The molecule has 3 heteroatoms. The Morgan fingerprint density at radius 1 is 1.11 bits per heavy atom. The van der Waals surface area contributed by atoms with Crippen LogP contribution in [0.2, 0.25) is 0 Å². The molecule has 0 spiro atoms. The molecule has 0 unspecified atom stereocenters. The third-order valence-electron chi connectivity index (χ3n) is 2.84. The number of aromatic nitrogens is 2. The van der Waals surface area contributed by atoms with Crippen molar-refractivity contribution in [1.82, 2.24) is 9.97 Å². The number of H-pyrrole nitrogens is 1. The van der Waals surface area contributed by atoms with Crippen molar-refractivity contribution in [3.8, 4) is 11.4 Å². The minimum absolute atomic E-state index is 0.0501. The predicted molar refractivity (Wildman–Crippen MR) is 86.4 cm³/mol. The van der Waals surface area contributed by atoms with E-state index >= 15 is 0 Å². The zero-order valence-electron chi connectivity index (χ0n) is 9.86. The fourth-order valence-corrected chi connectivity index (χ4v) is 3.08. The van der Waals surface area contributed by atoms with E-state index in [1.54, 1.807) is 0 Å². The Bertz CT molecular complexity index is 686. The molecule has 1 heterocycles. The third-order valence-corrected chi connectivity index (χ3v) is 4.26. The number of halogens is 1. The molecule has 2 aromatic carbocycles. The molecule has 18 heavy (non-hydrogen) atoms. The van der Waals surface area contributed by atoms with E-state index in [1.807, 2.05) is 18.2 Å². The van der Waals surface area contributed by atoms with E-state index in [9.17, 15) is 0 Å². The minimum atomic E-state index is 0.0501. The van der Waals surface area contributed by atoms with Gasteiger partial charge in [0.2, 0.25) is 0 Å². The summed E-state index contributed by atoms with van der Waals surface area (Å²) in [6, 6.07) is 16.7. The van der Waals surface area contributed by atoms with Crippen molar-refractivity contribution in [3.63, 3.8) is 0 Å². The highest BCUT2D eigenvalue weighted by atomic mass is 127. The predicted octanol–water partition coefficient (Wildman–Crippen LogP) is 4.13. The molecule has 3 aromatic rings. The summed E-state index contributed by atoms with van der Waals surface area (Å²) in [6.45, 7) is 0. The zero-order chi connectivity index (χ0) is 12.4. The molecule has 0 bridgehead atoms. The number of nitrogens with zero attached hydrogens (tertiary/aromatic N) is 1. The van der Waals surface area contributed by atoms with Crippen LogP contribution >= 0.6 is 20.7 Å². The first-order chi connectivity index (χ1) is 8.86. The van der Waals surface area contributed by atoms with Gasteiger partial charge in [-0.1, -0.05) is 40.9 Å². The van der Waals surface area contributed by atoms with Gasteiger partial charge < -0.3 is 4.98 Å². The average molecular weight is 348 g/mol. The van der Waals surface area contributed by atoms with Crippen molar-refractivity contribution in [3.05, 3.63) is 54.1 Å². The number of imidazole rings is 1. The second-order valence-electron chi connectivity index (χ2n) is 4.13. The molecule has 1 aromatic heterocycles. The van der Waals surface area contributed by atoms with Crippen LogP contribution in [-0.4, -0.2) is 14.5 Å². The van der Waals surface area contributed by atoms with Crippen molar-refractivity contribution in [1.29, 1.82) is 0 Å². The lowest BCUT2D eigenvalue weighted by Gasteiger charge is -1.94. The van der Waals surface area contributed by atoms with Crippen molar-refractivity contribution >= 4 is 36.3 Å². The van der Waals surface area contributed by atoms with E-state index in [1.165, 1.54) is 5.56 Å². The topological polar surface area (TPSA) is 28.7 Å². The van der Waals surface area contributed by atoms with Crippen LogP contribution in [-0.2, 0) is 4.43 Å². The Kier molecular flexibility index (Phi) is 3.23. The van der Waals surface area contributed by atoms with Crippen LogP contribution in [0, 0.1) is 0 Å². The number of nitrogens with one attached hydrogen (secondary N) is 1. The maximum absolute atomic E-state index is 4.62. The van der Waals surface area contributed by atoms with Crippen molar-refractivity contribution in [2.24, 2.45) is 0 Å². The van der Waals surface area contributed by atoms with Gasteiger partial charge in [-0.2, -0.15) is 0 Å². The van der Waals surface area contributed by atoms with E-state index in [0.29, 0.717) is 0 Å². The lowest BCUT2D eigenvalue weighted by molar-refractivity contribution is 1.34. The van der Waals surface area contributed by atoms with Crippen LogP contribution < -0.4 is 0 Å². The van der Waals surface area contributed by atoms with Crippen LogP contribution in [0.15, 0.2) is 48.5 Å². The fourth-order valence-electron chi connectivity index (χ4n) is 1.98. The van der Waals surface area contributed by atoms with Gasteiger partial charge in [-0.3, -0.25) is 0 Å². The van der Waals surface area contributed by atoms with E-state index < -0.39 is 0 Å². The molecular formula is C15H13IN2. The second-order valence-corrected chi connectivity index (χ2v) is 5.97. The first kappa shape index (κ1) is 11.6. The lowest BCUT2D eigenvalue weighted by atomic mass is 10.2. The number of fused-ring (bicyclic) bond motifs is 1. The van der Waals surface area contributed by atoms with Gasteiger partial charge in [0.15, 0.2) is 0 Å². The molecule has 0 aliphatic rings. The molecule has 0 amide bonds. The maximum atomic E-state index is 4.62. The minimum Gasteiger partial charge on any atom is -0.338 e. The number of aromatic amines is 1. The van der Waals surface area contributed by atoms with Crippen LogP contribution in [0.5, 0.6) is 0 Å². The summed E-state index contributed by atoms with van der Waals surface area (Å²) in [5.74, 6) is 0.937. The molecular weight excluding hydrogens is 335 g/mol. The Balaban J connectivity index is 2.08. The molecule has 2 nitrogen and oxygen atoms in total. The summed E-state index contributed by atoms with van der Waals surface area (Å²) >= 11 is 0.0501. The normalized spacial score (nSPS) is 10.9. The van der Waals surface area contributed by atoms with Gasteiger partial charge in [0.1, 0.15) is 5.82 Å². The number of benzene rings is 2. The van der Waals surface area contributed by atoms with Gasteiger partial charge in [0, 0.05) is 9.99 Å². The Hall–Kier alpha value is -1.49. The summed E-state index contributed by atoms with van der Waals surface area (Å²) in [5, 5.41) is 0. The second kappa shape index (κ2) is 5.02. The highest BCUT2D eigenvalue weighted by Gasteiger charge is 2.04. The van der Waals surface area contributed by atoms with Gasteiger partial charge in [0.25, 0.3) is 0 Å². The average Bonchev–Trinajstić information content (AvgIpc) is 2.83. The molecule has 0 atom stereocenters. The standard InChI is InChI=1S/C15H13IN2/c1-16-10-11-7-8-13-14(9-11)18-15(17-13)12-5-3-2-4-6-12/h2-9H,1,10H2,(H,17,18). The summed E-state index contributed by atoms with van der Waals surface area (Å²) in [6.07, 6.45) is 0. The van der Waals surface area contributed by atoms with E-state index in [-0.39, 0.29) is 20.7 Å². The van der Waals surface area contributed by atoms with Gasteiger partial charge in [-0.05, 0) is 17.7 Å². The number of hydrogen-bond acceptors (Lipinski definition) is 1. The van der Waals surface area contributed by atoms with Gasteiger partial charge in [0.05, 0.1) is 11.0 Å². The third kappa shape index (κ3) is 2.22. The van der Waals surface area contributed by atoms with Crippen molar-refractivity contribution < 1.29 is 0 Å². The SMILES string of the molecule is C=ICc1ccc2nc(-c3ccccc3)[nH]c2c1. The van der Waals surface area contributed by atoms with Crippen LogP contribution in [0.4, 0.5) is 0 Å². The molecule has 3 rings (SSSR count). The Morgan fingerprint density at radius 3 is 2.72 bits per heavy atom. The van der Waals surface area contributed by atoms with Crippen molar-refractivity contribution in [2.75, 3.05) is 0 Å². The molecule has 0 saturated carbocycles. The molecule has 90 valence electrons. The van der Waals surface area contributed by atoms with Crippen LogP contribution in [0.3, 0.4) is 0 Å². The highest BCUT2D eigenvalue weighted by molar-refractivity contribution is 14.2. The smallest absolute Gasteiger partial charge is 0.138 e. The molecule has 0 saturated heterocycles. The Labute approximate surface area is 116 Å². The van der Waals surface area contributed by atoms with Crippen LogP contribution in [0.1, 0.15) is 5.56 Å². The Morgan fingerprint density at radius 2 is 1.94 bits per heavy atom. The lowest BCUT2D eigenvalue weighted by Crippen LogP contribution is -1.78. The molecule has 0 fully saturated rings. The van der Waals surface area contributed by atoms with E-state index in [0.717, 1.165) is 26.8 Å². The molecule has 0 aliphatic heterocycles. The summed E-state index contributed by atoms with van der Waals surface area (Å²) in [4.78, 5) is 8.01. The maximum Gasteiger partial charge on any atom is 0.138 e. The van der Waals surface area contributed by atoms with Gasteiger partial charge in [-0.25, -0.2) is 4.98 Å². The number of hydrogen-bond donors (Lipinski definition) is 1. The zero-order valence-corrected chi connectivity index (χ0v) is 12.0. The van der Waals surface area contributed by atoms with Gasteiger partial charge >= 0.3 is 0 Å². The number of alkyl halides is 1.